The largest absolute Gasteiger partial charge is 0.362 e. The molecule has 6 heteroatoms. The predicted octanol–water partition coefficient (Wildman–Crippen LogP) is 1.08. The van der Waals surface area contributed by atoms with Crippen molar-refractivity contribution in [1.29, 1.82) is 0 Å². The maximum atomic E-state index is 12.0. The number of likely N-dealkylation sites (N-methyl/N-ethyl adjacent to an activating group) is 1. The number of rotatable bonds is 2. The van der Waals surface area contributed by atoms with Gasteiger partial charge < -0.3 is 14.5 Å². The van der Waals surface area contributed by atoms with Crippen molar-refractivity contribution in [2.24, 2.45) is 0 Å². The summed E-state index contributed by atoms with van der Waals surface area (Å²) in [6.45, 7) is 1.76. The molecule has 3 rings (SSSR count). The van der Waals surface area contributed by atoms with E-state index in [4.69, 9.17) is 4.74 Å². The third kappa shape index (κ3) is 2.85. The number of anilines is 1. The molecule has 1 atom stereocenters. The second-order valence-corrected chi connectivity index (χ2v) is 6.10. The third-order valence-corrected chi connectivity index (χ3v) is 4.48. The Bertz CT molecular complexity index is 498. The average molecular weight is 290 g/mol. The summed E-state index contributed by atoms with van der Waals surface area (Å²) < 4.78 is 6.14. The van der Waals surface area contributed by atoms with Crippen molar-refractivity contribution in [3.63, 3.8) is 0 Å². The molecule has 6 nitrogen and oxygen atoms in total. The molecule has 0 aliphatic carbocycles. The topological polar surface area (TPSA) is 58.6 Å². The standard InChI is InChI=1S/C15H22N4O2/c1-18(2)13(20)12-4-5-15(21-12)6-10-19(11-7-15)14-16-8-3-9-17-14/h3,8-9,12H,4-7,10-11H2,1-2H3/t12-/m1/s1. The van der Waals surface area contributed by atoms with Gasteiger partial charge in [0.05, 0.1) is 5.60 Å². The van der Waals surface area contributed by atoms with Gasteiger partial charge in [-0.1, -0.05) is 0 Å². The Balaban J connectivity index is 1.60. The lowest BCUT2D eigenvalue weighted by Gasteiger charge is -2.39. The van der Waals surface area contributed by atoms with Crippen LogP contribution >= 0.6 is 0 Å². The summed E-state index contributed by atoms with van der Waals surface area (Å²) in [5, 5.41) is 0. The quantitative estimate of drug-likeness (QED) is 0.816. The van der Waals surface area contributed by atoms with E-state index in [0.717, 1.165) is 44.7 Å². The zero-order chi connectivity index (χ0) is 14.9. The molecular formula is C15H22N4O2. The molecule has 114 valence electrons. The highest BCUT2D eigenvalue weighted by atomic mass is 16.5. The van der Waals surface area contributed by atoms with Gasteiger partial charge in [-0.25, -0.2) is 9.97 Å². The fourth-order valence-electron chi connectivity index (χ4n) is 3.21. The maximum absolute atomic E-state index is 12.0. The summed E-state index contributed by atoms with van der Waals surface area (Å²) in [4.78, 5) is 24.4. The zero-order valence-corrected chi connectivity index (χ0v) is 12.7. The molecular weight excluding hydrogens is 268 g/mol. The number of ether oxygens (including phenoxy) is 1. The van der Waals surface area contributed by atoms with Gasteiger partial charge in [-0.05, 0) is 31.7 Å². The van der Waals surface area contributed by atoms with Crippen molar-refractivity contribution in [1.82, 2.24) is 14.9 Å². The molecule has 1 spiro atoms. The number of hydrogen-bond donors (Lipinski definition) is 0. The lowest BCUT2D eigenvalue weighted by Crippen LogP contribution is -2.46. The van der Waals surface area contributed by atoms with Gasteiger partial charge in [-0.3, -0.25) is 4.79 Å². The SMILES string of the molecule is CN(C)C(=O)[C@H]1CCC2(CCN(c3ncccn3)CC2)O1. The lowest BCUT2D eigenvalue weighted by atomic mass is 9.88. The molecule has 0 aromatic carbocycles. The number of piperidine rings is 1. The molecule has 0 saturated carbocycles. The number of nitrogens with zero attached hydrogens (tertiary/aromatic N) is 4. The minimum atomic E-state index is -0.264. The van der Waals surface area contributed by atoms with Crippen molar-refractivity contribution >= 4 is 11.9 Å². The molecule has 2 saturated heterocycles. The van der Waals surface area contributed by atoms with E-state index >= 15 is 0 Å². The molecule has 0 unspecified atom stereocenters. The van der Waals surface area contributed by atoms with Crippen molar-refractivity contribution in [3.05, 3.63) is 18.5 Å². The first-order valence-electron chi connectivity index (χ1n) is 7.51. The molecule has 2 aliphatic rings. The number of hydrogen-bond acceptors (Lipinski definition) is 5. The molecule has 1 amide bonds. The van der Waals surface area contributed by atoms with Crippen LogP contribution < -0.4 is 4.90 Å². The normalized spacial score (nSPS) is 24.3. The second-order valence-electron chi connectivity index (χ2n) is 6.10. The van der Waals surface area contributed by atoms with Crippen molar-refractivity contribution in [2.45, 2.75) is 37.4 Å². The summed E-state index contributed by atoms with van der Waals surface area (Å²) in [5.74, 6) is 0.868. The van der Waals surface area contributed by atoms with Crippen LogP contribution in [-0.4, -0.2) is 59.7 Å². The van der Waals surface area contributed by atoms with Crippen LogP contribution in [0.2, 0.25) is 0 Å². The van der Waals surface area contributed by atoms with Crippen LogP contribution in [-0.2, 0) is 9.53 Å². The van der Waals surface area contributed by atoms with Crippen molar-refractivity contribution in [3.8, 4) is 0 Å². The predicted molar refractivity (Wildman–Crippen MR) is 79.0 cm³/mol. The summed E-state index contributed by atoms with van der Waals surface area (Å²) in [7, 11) is 3.57. The van der Waals surface area contributed by atoms with Crippen LogP contribution in [0, 0.1) is 0 Å². The smallest absolute Gasteiger partial charge is 0.251 e. The summed E-state index contributed by atoms with van der Waals surface area (Å²) in [5.41, 5.74) is -0.123. The molecule has 0 bridgehead atoms. The van der Waals surface area contributed by atoms with Gasteiger partial charge in [0, 0.05) is 39.6 Å². The molecule has 21 heavy (non-hydrogen) atoms. The number of carbonyl (C=O) groups excluding carboxylic acids is 1. The van der Waals surface area contributed by atoms with Gasteiger partial charge >= 0.3 is 0 Å². The molecule has 2 fully saturated rings. The van der Waals surface area contributed by atoms with Crippen LogP contribution in [0.15, 0.2) is 18.5 Å². The van der Waals surface area contributed by atoms with E-state index in [-0.39, 0.29) is 17.6 Å². The molecule has 1 aromatic heterocycles. The van der Waals surface area contributed by atoms with E-state index in [1.807, 2.05) is 6.07 Å². The molecule has 3 heterocycles. The fraction of sp³-hybridized carbons (Fsp3) is 0.667. The Kier molecular flexibility index (Phi) is 3.80. The fourth-order valence-corrected chi connectivity index (χ4v) is 3.21. The van der Waals surface area contributed by atoms with E-state index in [0.29, 0.717) is 0 Å². The third-order valence-electron chi connectivity index (χ3n) is 4.48. The Morgan fingerprint density at radius 3 is 2.57 bits per heavy atom. The Labute approximate surface area is 125 Å². The van der Waals surface area contributed by atoms with Gasteiger partial charge in [-0.15, -0.1) is 0 Å². The summed E-state index contributed by atoms with van der Waals surface area (Å²) >= 11 is 0. The highest BCUT2D eigenvalue weighted by Crippen LogP contribution is 2.39. The first-order chi connectivity index (χ1) is 10.1. The van der Waals surface area contributed by atoms with E-state index in [2.05, 4.69) is 14.9 Å². The molecule has 1 aromatic rings. The minimum Gasteiger partial charge on any atom is -0.362 e. The first kappa shape index (κ1) is 14.3. The number of carbonyl (C=O) groups is 1. The lowest BCUT2D eigenvalue weighted by molar-refractivity contribution is -0.146. The van der Waals surface area contributed by atoms with E-state index in [9.17, 15) is 4.79 Å². The van der Waals surface area contributed by atoms with Crippen molar-refractivity contribution < 1.29 is 9.53 Å². The molecule has 0 radical (unpaired) electrons. The second kappa shape index (κ2) is 5.60. The van der Waals surface area contributed by atoms with E-state index < -0.39 is 0 Å². The van der Waals surface area contributed by atoms with Crippen LogP contribution in [0.3, 0.4) is 0 Å². The van der Waals surface area contributed by atoms with Crippen LogP contribution in [0.25, 0.3) is 0 Å². The first-order valence-corrected chi connectivity index (χ1v) is 7.51. The maximum Gasteiger partial charge on any atom is 0.251 e. The molecule has 2 aliphatic heterocycles. The van der Waals surface area contributed by atoms with Gasteiger partial charge in [0.15, 0.2) is 0 Å². The number of aromatic nitrogens is 2. The monoisotopic (exact) mass is 290 g/mol. The van der Waals surface area contributed by atoms with Crippen LogP contribution in [0.5, 0.6) is 0 Å². The summed E-state index contributed by atoms with van der Waals surface area (Å²) in [6.07, 6.45) is 6.94. The average Bonchev–Trinajstić information content (AvgIpc) is 2.92. The van der Waals surface area contributed by atoms with E-state index in [1.165, 1.54) is 0 Å². The number of amides is 1. The Hall–Kier alpha value is -1.69. The highest BCUT2D eigenvalue weighted by Gasteiger charge is 2.45. The van der Waals surface area contributed by atoms with Gasteiger partial charge in [0.1, 0.15) is 6.10 Å². The summed E-state index contributed by atoms with van der Waals surface area (Å²) in [6, 6.07) is 1.83. The van der Waals surface area contributed by atoms with Crippen molar-refractivity contribution in [2.75, 3.05) is 32.1 Å². The van der Waals surface area contributed by atoms with Gasteiger partial charge in [-0.2, -0.15) is 0 Å². The highest BCUT2D eigenvalue weighted by molar-refractivity contribution is 5.80. The van der Waals surface area contributed by atoms with Gasteiger partial charge in [0.2, 0.25) is 5.95 Å². The van der Waals surface area contributed by atoms with Crippen LogP contribution in [0.4, 0.5) is 5.95 Å². The Morgan fingerprint density at radius 1 is 1.29 bits per heavy atom. The van der Waals surface area contributed by atoms with E-state index in [1.54, 1.807) is 31.4 Å². The zero-order valence-electron chi connectivity index (χ0n) is 12.7. The van der Waals surface area contributed by atoms with Crippen LogP contribution in [0.1, 0.15) is 25.7 Å². The molecule has 0 N–H and O–H groups in total. The van der Waals surface area contributed by atoms with Gasteiger partial charge in [0.25, 0.3) is 5.91 Å². The minimum absolute atomic E-state index is 0.0840. The Morgan fingerprint density at radius 2 is 1.95 bits per heavy atom.